The highest BCUT2D eigenvalue weighted by molar-refractivity contribution is 9.10. The smallest absolute Gasteiger partial charge is 0.0671 e. The van der Waals surface area contributed by atoms with Crippen molar-refractivity contribution in [2.45, 2.75) is 38.0 Å². The van der Waals surface area contributed by atoms with Crippen molar-refractivity contribution >= 4 is 27.7 Å². The van der Waals surface area contributed by atoms with Crippen molar-refractivity contribution in [3.63, 3.8) is 0 Å². The number of halogens is 1. The zero-order valence-corrected chi connectivity index (χ0v) is 12.4. The molecule has 0 aliphatic heterocycles. The van der Waals surface area contributed by atoms with Crippen LogP contribution in [0.3, 0.4) is 0 Å². The van der Waals surface area contributed by atoms with Crippen molar-refractivity contribution in [2.75, 3.05) is 5.75 Å². The highest BCUT2D eigenvalue weighted by atomic mass is 79.9. The van der Waals surface area contributed by atoms with Crippen LogP contribution in [0, 0.1) is 0 Å². The molecule has 0 bridgehead atoms. The standard InChI is InChI=1S/C13H19BrOS/c1-13(2,3)16-9-12(15)8-10-5-4-6-11(14)7-10/h4-7,12,15H,8-9H2,1-3H3. The van der Waals surface area contributed by atoms with E-state index in [1.54, 1.807) is 11.8 Å². The van der Waals surface area contributed by atoms with Crippen molar-refractivity contribution in [2.24, 2.45) is 0 Å². The summed E-state index contributed by atoms with van der Waals surface area (Å²) in [6, 6.07) is 8.11. The van der Waals surface area contributed by atoms with E-state index in [-0.39, 0.29) is 10.9 Å². The lowest BCUT2D eigenvalue weighted by Crippen LogP contribution is -2.18. The molecule has 3 heteroatoms. The van der Waals surface area contributed by atoms with Gasteiger partial charge in [-0.05, 0) is 24.1 Å². The molecule has 1 aromatic carbocycles. The third-order valence-corrected chi connectivity index (χ3v) is 3.98. The lowest BCUT2D eigenvalue weighted by molar-refractivity contribution is 0.200. The van der Waals surface area contributed by atoms with Crippen LogP contribution in [0.5, 0.6) is 0 Å². The largest absolute Gasteiger partial charge is 0.392 e. The van der Waals surface area contributed by atoms with Gasteiger partial charge in [0.2, 0.25) is 0 Å². The van der Waals surface area contributed by atoms with Gasteiger partial charge in [0.05, 0.1) is 6.10 Å². The van der Waals surface area contributed by atoms with Gasteiger partial charge in [-0.1, -0.05) is 48.8 Å². The lowest BCUT2D eigenvalue weighted by Gasteiger charge is -2.20. The predicted molar refractivity (Wildman–Crippen MR) is 76.1 cm³/mol. The molecule has 0 saturated heterocycles. The molecule has 1 atom stereocenters. The molecule has 0 radical (unpaired) electrons. The summed E-state index contributed by atoms with van der Waals surface area (Å²) in [5.74, 6) is 0.788. The van der Waals surface area contributed by atoms with Crippen LogP contribution in [0.15, 0.2) is 28.7 Å². The first kappa shape index (κ1) is 14.1. The predicted octanol–water partition coefficient (Wildman–Crippen LogP) is 3.88. The monoisotopic (exact) mass is 302 g/mol. The van der Waals surface area contributed by atoms with Crippen LogP contribution in [0.25, 0.3) is 0 Å². The number of hydrogen-bond donors (Lipinski definition) is 1. The molecule has 0 heterocycles. The maximum Gasteiger partial charge on any atom is 0.0671 e. The fourth-order valence-electron chi connectivity index (χ4n) is 1.34. The average molecular weight is 303 g/mol. The summed E-state index contributed by atoms with van der Waals surface area (Å²) in [5.41, 5.74) is 1.18. The van der Waals surface area contributed by atoms with Crippen LogP contribution in [0.4, 0.5) is 0 Å². The van der Waals surface area contributed by atoms with Crippen LogP contribution in [-0.2, 0) is 6.42 Å². The van der Waals surface area contributed by atoms with Crippen LogP contribution in [0.2, 0.25) is 0 Å². The molecule has 1 rings (SSSR count). The summed E-state index contributed by atoms with van der Waals surface area (Å²) in [6.45, 7) is 6.51. The van der Waals surface area contributed by atoms with E-state index in [0.29, 0.717) is 0 Å². The SMILES string of the molecule is CC(C)(C)SCC(O)Cc1cccc(Br)c1. The maximum absolute atomic E-state index is 9.92. The van der Waals surface area contributed by atoms with Crippen molar-refractivity contribution in [1.29, 1.82) is 0 Å². The molecule has 90 valence electrons. The Morgan fingerprint density at radius 2 is 2.06 bits per heavy atom. The molecule has 1 unspecified atom stereocenters. The number of aliphatic hydroxyl groups excluding tert-OH is 1. The second kappa shape index (κ2) is 6.08. The van der Waals surface area contributed by atoms with Crippen molar-refractivity contribution in [3.05, 3.63) is 34.3 Å². The van der Waals surface area contributed by atoms with Crippen molar-refractivity contribution in [1.82, 2.24) is 0 Å². The van der Waals surface area contributed by atoms with E-state index >= 15 is 0 Å². The zero-order valence-electron chi connectivity index (χ0n) is 10.0. The topological polar surface area (TPSA) is 20.2 Å². The van der Waals surface area contributed by atoms with Crippen molar-refractivity contribution < 1.29 is 5.11 Å². The van der Waals surface area contributed by atoms with Gasteiger partial charge >= 0.3 is 0 Å². The maximum atomic E-state index is 9.92. The molecule has 1 aromatic rings. The quantitative estimate of drug-likeness (QED) is 0.911. The Hall–Kier alpha value is 0.01000. The zero-order chi connectivity index (χ0) is 12.2. The van der Waals surface area contributed by atoms with Gasteiger partial charge in [-0.15, -0.1) is 0 Å². The number of hydrogen-bond acceptors (Lipinski definition) is 2. The van der Waals surface area contributed by atoms with Gasteiger partial charge in [-0.3, -0.25) is 0 Å². The number of benzene rings is 1. The highest BCUT2D eigenvalue weighted by Crippen LogP contribution is 2.24. The first-order valence-corrected chi connectivity index (χ1v) is 7.21. The minimum atomic E-state index is -0.265. The van der Waals surface area contributed by atoms with E-state index in [1.807, 2.05) is 12.1 Å². The second-order valence-corrected chi connectivity index (χ2v) is 7.67. The summed E-state index contributed by atoms with van der Waals surface area (Å²) < 4.78 is 1.29. The van der Waals surface area contributed by atoms with Gasteiger partial charge < -0.3 is 5.11 Å². The molecule has 0 aliphatic rings. The first-order valence-electron chi connectivity index (χ1n) is 5.43. The van der Waals surface area contributed by atoms with Gasteiger partial charge in [-0.25, -0.2) is 0 Å². The third-order valence-electron chi connectivity index (χ3n) is 2.07. The Labute approximate surface area is 111 Å². The molecular weight excluding hydrogens is 284 g/mol. The van der Waals surface area contributed by atoms with E-state index in [1.165, 1.54) is 5.56 Å². The highest BCUT2D eigenvalue weighted by Gasteiger charge is 2.14. The van der Waals surface area contributed by atoms with Gasteiger partial charge in [0.1, 0.15) is 0 Å². The minimum absolute atomic E-state index is 0.220. The van der Waals surface area contributed by atoms with Crippen LogP contribution < -0.4 is 0 Å². The normalized spacial score (nSPS) is 13.8. The van der Waals surface area contributed by atoms with Crippen LogP contribution in [-0.4, -0.2) is 21.7 Å². The third kappa shape index (κ3) is 5.92. The molecule has 0 spiro atoms. The first-order chi connectivity index (χ1) is 7.37. The van der Waals surface area contributed by atoms with E-state index in [4.69, 9.17) is 0 Å². The molecule has 0 amide bonds. The van der Waals surface area contributed by atoms with Crippen LogP contribution >= 0.6 is 27.7 Å². The number of thioether (sulfide) groups is 1. The summed E-state index contributed by atoms with van der Waals surface area (Å²) >= 11 is 5.24. The van der Waals surface area contributed by atoms with Gasteiger partial charge in [-0.2, -0.15) is 11.8 Å². The van der Waals surface area contributed by atoms with E-state index < -0.39 is 0 Å². The van der Waals surface area contributed by atoms with E-state index in [0.717, 1.165) is 16.6 Å². The molecule has 1 N–H and O–H groups in total. The molecule has 1 nitrogen and oxygen atoms in total. The lowest BCUT2D eigenvalue weighted by atomic mass is 10.1. The van der Waals surface area contributed by atoms with Gasteiger partial charge in [0.25, 0.3) is 0 Å². The second-order valence-electron chi connectivity index (χ2n) is 4.91. The summed E-state index contributed by atoms with van der Waals surface area (Å²) in [7, 11) is 0. The fourth-order valence-corrected chi connectivity index (χ4v) is 2.60. The minimum Gasteiger partial charge on any atom is -0.392 e. The van der Waals surface area contributed by atoms with Gasteiger partial charge in [0, 0.05) is 15.0 Å². The molecule has 0 aromatic heterocycles. The van der Waals surface area contributed by atoms with Crippen molar-refractivity contribution in [3.8, 4) is 0 Å². The molecule has 16 heavy (non-hydrogen) atoms. The fraction of sp³-hybridized carbons (Fsp3) is 0.538. The Bertz CT molecular complexity index is 333. The summed E-state index contributed by atoms with van der Waals surface area (Å²) in [5, 5.41) is 9.92. The number of rotatable bonds is 4. The van der Waals surface area contributed by atoms with E-state index in [9.17, 15) is 5.11 Å². The summed E-state index contributed by atoms with van der Waals surface area (Å²) in [4.78, 5) is 0. The Morgan fingerprint density at radius 1 is 1.38 bits per heavy atom. The Kier molecular flexibility index (Phi) is 5.35. The average Bonchev–Trinajstić information content (AvgIpc) is 2.14. The Morgan fingerprint density at radius 3 is 2.62 bits per heavy atom. The molecule has 0 saturated carbocycles. The van der Waals surface area contributed by atoms with E-state index in [2.05, 4.69) is 48.8 Å². The molecule has 0 aliphatic carbocycles. The summed E-state index contributed by atoms with van der Waals surface area (Å²) in [6.07, 6.45) is 0.459. The molecular formula is C13H19BrOS. The van der Waals surface area contributed by atoms with Gasteiger partial charge in [0.15, 0.2) is 0 Å². The molecule has 0 fully saturated rings. The Balaban J connectivity index is 2.43. The number of aliphatic hydroxyl groups is 1. The van der Waals surface area contributed by atoms with Crippen LogP contribution in [0.1, 0.15) is 26.3 Å².